The third-order valence-corrected chi connectivity index (χ3v) is 4.15. The average molecular weight is 245 g/mol. The summed E-state index contributed by atoms with van der Waals surface area (Å²) in [7, 11) is 0. The van der Waals surface area contributed by atoms with E-state index in [4.69, 9.17) is 4.74 Å². The fourth-order valence-corrected chi connectivity index (χ4v) is 3.17. The molecule has 0 unspecified atom stereocenters. The molecule has 3 heteroatoms. The van der Waals surface area contributed by atoms with Crippen molar-refractivity contribution in [2.24, 2.45) is 5.41 Å². The van der Waals surface area contributed by atoms with E-state index in [1.165, 1.54) is 5.56 Å². The number of carbonyl (C=O) groups is 1. The van der Waals surface area contributed by atoms with Gasteiger partial charge in [0.05, 0.1) is 12.0 Å². The second-order valence-corrected chi connectivity index (χ2v) is 5.47. The van der Waals surface area contributed by atoms with Crippen LogP contribution in [0.5, 0.6) is 0 Å². The number of benzene rings is 1. The fraction of sp³-hybridized carbons (Fsp3) is 0.533. The average Bonchev–Trinajstić information content (AvgIpc) is 2.72. The molecule has 0 saturated carbocycles. The maximum absolute atomic E-state index is 11.9. The predicted molar refractivity (Wildman–Crippen MR) is 69.0 cm³/mol. The summed E-state index contributed by atoms with van der Waals surface area (Å²) in [6.07, 6.45) is 3.00. The van der Waals surface area contributed by atoms with E-state index >= 15 is 0 Å². The Kier molecular flexibility index (Phi) is 3.08. The molecule has 1 aromatic rings. The van der Waals surface area contributed by atoms with Crippen LogP contribution in [0.25, 0.3) is 0 Å². The minimum absolute atomic E-state index is 0.0280. The van der Waals surface area contributed by atoms with E-state index in [0.717, 1.165) is 38.9 Å². The van der Waals surface area contributed by atoms with Crippen molar-refractivity contribution in [1.29, 1.82) is 0 Å². The van der Waals surface area contributed by atoms with Gasteiger partial charge in [0, 0.05) is 13.1 Å². The van der Waals surface area contributed by atoms with Gasteiger partial charge in [0.1, 0.15) is 0 Å². The molecule has 2 heterocycles. The Bertz CT molecular complexity index is 431. The summed E-state index contributed by atoms with van der Waals surface area (Å²) in [4.78, 5) is 14.3. The second-order valence-electron chi connectivity index (χ2n) is 5.47. The highest BCUT2D eigenvalue weighted by Gasteiger charge is 2.46. The molecule has 2 fully saturated rings. The highest BCUT2D eigenvalue weighted by Crippen LogP contribution is 2.39. The van der Waals surface area contributed by atoms with Crippen LogP contribution >= 0.6 is 0 Å². The number of esters is 1. The fourth-order valence-electron chi connectivity index (χ4n) is 3.17. The molecule has 0 N–H and O–H groups in total. The number of piperidine rings is 1. The van der Waals surface area contributed by atoms with Crippen molar-refractivity contribution in [3.8, 4) is 0 Å². The van der Waals surface area contributed by atoms with Crippen LogP contribution in [0.3, 0.4) is 0 Å². The zero-order valence-electron chi connectivity index (χ0n) is 10.6. The number of cyclic esters (lactones) is 1. The largest absolute Gasteiger partial charge is 0.465 e. The smallest absolute Gasteiger partial charge is 0.313 e. The predicted octanol–water partition coefficient (Wildman–Crippen LogP) is 2.22. The van der Waals surface area contributed by atoms with Crippen LogP contribution in [0.15, 0.2) is 30.3 Å². The summed E-state index contributed by atoms with van der Waals surface area (Å²) in [5, 5.41) is 0. The van der Waals surface area contributed by atoms with Gasteiger partial charge in [0.25, 0.3) is 0 Å². The zero-order valence-corrected chi connectivity index (χ0v) is 10.6. The molecular formula is C15H19NO2. The number of nitrogens with zero attached hydrogens (tertiary/aromatic N) is 1. The third kappa shape index (κ3) is 2.15. The number of rotatable bonds is 2. The van der Waals surface area contributed by atoms with E-state index in [0.29, 0.717) is 6.61 Å². The highest BCUT2D eigenvalue weighted by molar-refractivity contribution is 5.79. The molecule has 2 aliphatic rings. The van der Waals surface area contributed by atoms with Crippen LogP contribution in [-0.2, 0) is 16.1 Å². The molecule has 1 spiro atoms. The number of ether oxygens (including phenoxy) is 1. The molecular weight excluding hydrogens is 226 g/mol. The summed E-state index contributed by atoms with van der Waals surface area (Å²) in [6, 6.07) is 10.5. The summed E-state index contributed by atoms with van der Waals surface area (Å²) >= 11 is 0. The van der Waals surface area contributed by atoms with Crippen LogP contribution in [0.1, 0.15) is 24.8 Å². The molecule has 18 heavy (non-hydrogen) atoms. The van der Waals surface area contributed by atoms with Crippen LogP contribution in [0.2, 0.25) is 0 Å². The number of carbonyl (C=O) groups excluding carboxylic acids is 1. The Morgan fingerprint density at radius 1 is 1.22 bits per heavy atom. The molecule has 1 aromatic carbocycles. The number of likely N-dealkylation sites (tertiary alicyclic amines) is 1. The lowest BCUT2D eigenvalue weighted by Gasteiger charge is -2.37. The minimum Gasteiger partial charge on any atom is -0.465 e. The minimum atomic E-state index is -0.201. The summed E-state index contributed by atoms with van der Waals surface area (Å²) in [6.45, 7) is 3.50. The molecule has 1 atom stereocenters. The van der Waals surface area contributed by atoms with E-state index in [2.05, 4.69) is 29.2 Å². The number of hydrogen-bond acceptors (Lipinski definition) is 3. The number of hydrogen-bond donors (Lipinski definition) is 0. The second kappa shape index (κ2) is 4.73. The van der Waals surface area contributed by atoms with Gasteiger partial charge in [-0.1, -0.05) is 30.3 Å². The lowest BCUT2D eigenvalue weighted by Crippen LogP contribution is -2.45. The van der Waals surface area contributed by atoms with Crippen molar-refractivity contribution < 1.29 is 9.53 Å². The van der Waals surface area contributed by atoms with Crippen molar-refractivity contribution in [2.45, 2.75) is 25.8 Å². The maximum atomic E-state index is 11.9. The van der Waals surface area contributed by atoms with Gasteiger partial charge < -0.3 is 4.74 Å². The molecule has 2 saturated heterocycles. The van der Waals surface area contributed by atoms with Crippen LogP contribution in [0.4, 0.5) is 0 Å². The molecule has 0 aliphatic carbocycles. The normalized spacial score (nSPS) is 28.6. The molecule has 2 aliphatic heterocycles. The highest BCUT2D eigenvalue weighted by atomic mass is 16.5. The van der Waals surface area contributed by atoms with Crippen LogP contribution < -0.4 is 0 Å². The topological polar surface area (TPSA) is 29.5 Å². The quantitative estimate of drug-likeness (QED) is 0.748. The molecule has 0 bridgehead atoms. The molecule has 0 amide bonds. The summed E-state index contributed by atoms with van der Waals surface area (Å²) in [5.74, 6) is 0.0280. The van der Waals surface area contributed by atoms with Gasteiger partial charge in [-0.15, -0.1) is 0 Å². The standard InChI is InChI=1S/C15H19NO2/c17-14-15(8-10-18-14)7-4-9-16(12-15)11-13-5-2-1-3-6-13/h1-3,5-6H,4,7-12H2/t15-/m0/s1. The molecule has 3 rings (SSSR count). The molecule has 96 valence electrons. The Labute approximate surface area is 108 Å². The van der Waals surface area contributed by atoms with E-state index in [-0.39, 0.29) is 11.4 Å². The van der Waals surface area contributed by atoms with E-state index in [1.54, 1.807) is 0 Å². The van der Waals surface area contributed by atoms with Gasteiger partial charge in [-0.3, -0.25) is 9.69 Å². The first-order valence-electron chi connectivity index (χ1n) is 6.72. The van der Waals surface area contributed by atoms with Gasteiger partial charge in [-0.05, 0) is 31.4 Å². The third-order valence-electron chi connectivity index (χ3n) is 4.15. The maximum Gasteiger partial charge on any atom is 0.313 e. The van der Waals surface area contributed by atoms with Crippen LogP contribution in [0, 0.1) is 5.41 Å². The van der Waals surface area contributed by atoms with Gasteiger partial charge in [-0.2, -0.15) is 0 Å². The Hall–Kier alpha value is -1.35. The van der Waals surface area contributed by atoms with Gasteiger partial charge in [-0.25, -0.2) is 0 Å². The first-order chi connectivity index (χ1) is 8.78. The van der Waals surface area contributed by atoms with Gasteiger partial charge in [0.15, 0.2) is 0 Å². The van der Waals surface area contributed by atoms with Crippen molar-refractivity contribution >= 4 is 5.97 Å². The first-order valence-corrected chi connectivity index (χ1v) is 6.72. The first kappa shape index (κ1) is 11.7. The SMILES string of the molecule is O=C1OCC[C@]12CCCN(Cc1ccccc1)C2. The van der Waals surface area contributed by atoms with E-state index in [9.17, 15) is 4.79 Å². The summed E-state index contributed by atoms with van der Waals surface area (Å²) in [5.41, 5.74) is 1.12. The monoisotopic (exact) mass is 245 g/mol. The molecule has 0 aromatic heterocycles. The van der Waals surface area contributed by atoms with E-state index in [1.807, 2.05) is 6.07 Å². The Balaban J connectivity index is 1.69. The van der Waals surface area contributed by atoms with E-state index < -0.39 is 0 Å². The van der Waals surface area contributed by atoms with Crippen molar-refractivity contribution in [1.82, 2.24) is 4.90 Å². The zero-order chi connectivity index (χ0) is 12.4. The summed E-state index contributed by atoms with van der Waals surface area (Å²) < 4.78 is 5.18. The van der Waals surface area contributed by atoms with Crippen molar-refractivity contribution in [2.75, 3.05) is 19.7 Å². The molecule has 0 radical (unpaired) electrons. The van der Waals surface area contributed by atoms with Gasteiger partial charge in [0.2, 0.25) is 0 Å². The lowest BCUT2D eigenvalue weighted by molar-refractivity contribution is -0.148. The Morgan fingerprint density at radius 3 is 2.78 bits per heavy atom. The lowest BCUT2D eigenvalue weighted by atomic mass is 9.78. The van der Waals surface area contributed by atoms with Crippen molar-refractivity contribution in [3.63, 3.8) is 0 Å². The van der Waals surface area contributed by atoms with Crippen molar-refractivity contribution in [3.05, 3.63) is 35.9 Å². The van der Waals surface area contributed by atoms with Crippen LogP contribution in [-0.4, -0.2) is 30.6 Å². The van der Waals surface area contributed by atoms with Gasteiger partial charge >= 0.3 is 5.97 Å². The Morgan fingerprint density at radius 2 is 2.06 bits per heavy atom. The molecule has 3 nitrogen and oxygen atoms in total.